The van der Waals surface area contributed by atoms with Gasteiger partial charge in [-0.05, 0) is 31.2 Å². The van der Waals surface area contributed by atoms with Gasteiger partial charge in [0, 0.05) is 30.6 Å². The SMILES string of the molecule is CCCCc1nn2c(=O)cc(CN(C)Cc3ccc(Cl)cc3)nc2s1. The fourth-order valence-electron chi connectivity index (χ4n) is 2.64. The predicted octanol–water partition coefficient (Wildman–Crippen LogP) is 3.78. The molecule has 25 heavy (non-hydrogen) atoms. The fourth-order valence-corrected chi connectivity index (χ4v) is 3.73. The highest BCUT2D eigenvalue weighted by atomic mass is 35.5. The molecule has 3 aromatic rings. The molecule has 0 amide bonds. The summed E-state index contributed by atoms with van der Waals surface area (Å²) in [5.74, 6) is 0. The minimum absolute atomic E-state index is 0.112. The van der Waals surface area contributed by atoms with Crippen LogP contribution in [0.1, 0.15) is 36.0 Å². The van der Waals surface area contributed by atoms with Crippen molar-refractivity contribution in [1.29, 1.82) is 0 Å². The van der Waals surface area contributed by atoms with E-state index in [4.69, 9.17) is 11.6 Å². The van der Waals surface area contributed by atoms with Gasteiger partial charge in [0.15, 0.2) is 0 Å². The maximum absolute atomic E-state index is 12.3. The van der Waals surface area contributed by atoms with Gasteiger partial charge in [-0.1, -0.05) is 48.4 Å². The molecule has 0 bridgehead atoms. The number of aryl methyl sites for hydroxylation is 1. The molecule has 0 N–H and O–H groups in total. The van der Waals surface area contributed by atoms with Crippen molar-refractivity contribution in [3.8, 4) is 0 Å². The van der Waals surface area contributed by atoms with E-state index in [0.717, 1.165) is 41.5 Å². The van der Waals surface area contributed by atoms with Crippen LogP contribution in [-0.4, -0.2) is 26.5 Å². The molecular weight excluding hydrogens is 356 g/mol. The number of benzene rings is 1. The minimum Gasteiger partial charge on any atom is -0.296 e. The average molecular weight is 377 g/mol. The van der Waals surface area contributed by atoms with Gasteiger partial charge in [0.05, 0.1) is 5.69 Å². The van der Waals surface area contributed by atoms with Crippen LogP contribution in [0.5, 0.6) is 0 Å². The van der Waals surface area contributed by atoms with Crippen molar-refractivity contribution in [3.63, 3.8) is 0 Å². The summed E-state index contributed by atoms with van der Waals surface area (Å²) in [7, 11) is 2.01. The number of rotatable bonds is 7. The number of nitrogens with zero attached hydrogens (tertiary/aromatic N) is 4. The lowest BCUT2D eigenvalue weighted by atomic mass is 10.2. The van der Waals surface area contributed by atoms with E-state index in [-0.39, 0.29) is 5.56 Å². The smallest absolute Gasteiger partial charge is 0.275 e. The molecule has 0 aliphatic heterocycles. The quantitative estimate of drug-likeness (QED) is 0.629. The molecule has 0 atom stereocenters. The lowest BCUT2D eigenvalue weighted by Crippen LogP contribution is -2.21. The third-order valence-electron chi connectivity index (χ3n) is 3.88. The zero-order valence-corrected chi connectivity index (χ0v) is 16.0. The van der Waals surface area contributed by atoms with Gasteiger partial charge in [-0.2, -0.15) is 9.61 Å². The first-order valence-corrected chi connectivity index (χ1v) is 9.56. The number of halogens is 1. The molecule has 0 fully saturated rings. The molecule has 0 aliphatic rings. The Bertz CT molecular complexity index is 904. The van der Waals surface area contributed by atoms with Crippen LogP contribution in [0.3, 0.4) is 0 Å². The normalized spacial score (nSPS) is 11.5. The second kappa shape index (κ2) is 8.08. The van der Waals surface area contributed by atoms with Crippen LogP contribution in [0.25, 0.3) is 4.96 Å². The van der Waals surface area contributed by atoms with Crippen LogP contribution in [0.4, 0.5) is 0 Å². The summed E-state index contributed by atoms with van der Waals surface area (Å²) >= 11 is 7.42. The Morgan fingerprint density at radius 3 is 2.72 bits per heavy atom. The first kappa shape index (κ1) is 18.0. The van der Waals surface area contributed by atoms with Gasteiger partial charge >= 0.3 is 0 Å². The summed E-state index contributed by atoms with van der Waals surface area (Å²) in [6.07, 6.45) is 3.08. The fraction of sp³-hybridized carbons (Fsp3) is 0.389. The summed E-state index contributed by atoms with van der Waals surface area (Å²) in [5, 5.41) is 6.08. The molecule has 0 aliphatic carbocycles. The van der Waals surface area contributed by atoms with E-state index in [9.17, 15) is 4.79 Å². The van der Waals surface area contributed by atoms with Crippen molar-refractivity contribution in [2.24, 2.45) is 0 Å². The molecule has 2 heterocycles. The van der Waals surface area contributed by atoms with Gasteiger partial charge in [0.25, 0.3) is 5.56 Å². The molecule has 5 nitrogen and oxygen atoms in total. The van der Waals surface area contributed by atoms with Crippen molar-refractivity contribution >= 4 is 27.9 Å². The number of hydrogen-bond donors (Lipinski definition) is 0. The van der Waals surface area contributed by atoms with Crippen molar-refractivity contribution in [2.75, 3.05) is 7.05 Å². The number of unbranched alkanes of at least 4 members (excludes halogenated alkanes) is 1. The predicted molar refractivity (Wildman–Crippen MR) is 102 cm³/mol. The maximum atomic E-state index is 12.3. The molecule has 0 spiro atoms. The Morgan fingerprint density at radius 1 is 1.24 bits per heavy atom. The Morgan fingerprint density at radius 2 is 2.00 bits per heavy atom. The Hall–Kier alpha value is -1.76. The molecule has 7 heteroatoms. The van der Waals surface area contributed by atoms with Crippen molar-refractivity contribution in [2.45, 2.75) is 39.3 Å². The lowest BCUT2D eigenvalue weighted by Gasteiger charge is -2.16. The second-order valence-corrected chi connectivity index (χ2v) is 7.66. The average Bonchev–Trinajstić information content (AvgIpc) is 2.98. The van der Waals surface area contributed by atoms with Gasteiger partial charge < -0.3 is 0 Å². The van der Waals surface area contributed by atoms with Crippen LogP contribution in [-0.2, 0) is 19.5 Å². The van der Waals surface area contributed by atoms with E-state index in [1.165, 1.54) is 21.4 Å². The highest BCUT2D eigenvalue weighted by Gasteiger charge is 2.10. The van der Waals surface area contributed by atoms with E-state index in [1.807, 2.05) is 31.3 Å². The molecule has 1 aromatic carbocycles. The molecule has 132 valence electrons. The van der Waals surface area contributed by atoms with E-state index < -0.39 is 0 Å². The van der Waals surface area contributed by atoms with Gasteiger partial charge in [0.1, 0.15) is 5.01 Å². The van der Waals surface area contributed by atoms with Crippen LogP contribution in [0, 0.1) is 0 Å². The third-order valence-corrected chi connectivity index (χ3v) is 5.10. The van der Waals surface area contributed by atoms with Crippen molar-refractivity contribution in [3.05, 3.63) is 62.0 Å². The van der Waals surface area contributed by atoms with E-state index >= 15 is 0 Å². The first-order chi connectivity index (χ1) is 12.0. The highest BCUT2D eigenvalue weighted by molar-refractivity contribution is 7.16. The summed E-state index contributed by atoms with van der Waals surface area (Å²) in [5.41, 5.74) is 1.83. The van der Waals surface area contributed by atoms with E-state index in [2.05, 4.69) is 21.9 Å². The number of hydrogen-bond acceptors (Lipinski definition) is 5. The van der Waals surface area contributed by atoms with Crippen LogP contribution in [0.15, 0.2) is 35.1 Å². The lowest BCUT2D eigenvalue weighted by molar-refractivity contribution is 0.315. The van der Waals surface area contributed by atoms with Crippen LogP contribution >= 0.6 is 22.9 Å². The first-order valence-electron chi connectivity index (χ1n) is 8.37. The monoisotopic (exact) mass is 376 g/mol. The van der Waals surface area contributed by atoms with Gasteiger partial charge in [0.2, 0.25) is 4.96 Å². The Kier molecular flexibility index (Phi) is 5.83. The largest absolute Gasteiger partial charge is 0.296 e. The van der Waals surface area contributed by atoms with Crippen molar-refractivity contribution in [1.82, 2.24) is 19.5 Å². The van der Waals surface area contributed by atoms with Crippen LogP contribution < -0.4 is 5.56 Å². The maximum Gasteiger partial charge on any atom is 0.275 e. The molecule has 0 saturated heterocycles. The number of fused-ring (bicyclic) bond motifs is 1. The summed E-state index contributed by atoms with van der Waals surface area (Å²) in [6.45, 7) is 3.52. The van der Waals surface area contributed by atoms with E-state index in [1.54, 1.807) is 6.07 Å². The van der Waals surface area contributed by atoms with Crippen molar-refractivity contribution < 1.29 is 0 Å². The van der Waals surface area contributed by atoms with Gasteiger partial charge in [-0.25, -0.2) is 4.98 Å². The highest BCUT2D eigenvalue weighted by Crippen LogP contribution is 2.15. The van der Waals surface area contributed by atoms with Gasteiger partial charge in [-0.3, -0.25) is 9.69 Å². The summed E-state index contributed by atoms with van der Waals surface area (Å²) in [6, 6.07) is 9.36. The zero-order valence-electron chi connectivity index (χ0n) is 14.4. The third kappa shape index (κ3) is 4.66. The minimum atomic E-state index is -0.112. The Labute approximate surface area is 155 Å². The van der Waals surface area contributed by atoms with Crippen LogP contribution in [0.2, 0.25) is 5.02 Å². The topological polar surface area (TPSA) is 50.5 Å². The van der Waals surface area contributed by atoms with E-state index in [0.29, 0.717) is 11.5 Å². The van der Waals surface area contributed by atoms with Gasteiger partial charge in [-0.15, -0.1) is 0 Å². The molecule has 3 rings (SSSR count). The molecule has 0 radical (unpaired) electrons. The number of aromatic nitrogens is 3. The standard InChI is InChI=1S/C18H21ClN4OS/c1-3-4-5-16-21-23-17(24)10-15(20-18(23)25-16)12-22(2)11-13-6-8-14(19)9-7-13/h6-10H,3-5,11-12H2,1-2H3. The summed E-state index contributed by atoms with van der Waals surface area (Å²) < 4.78 is 1.42. The molecule has 0 unspecified atom stereocenters. The zero-order chi connectivity index (χ0) is 17.8. The molecular formula is C18H21ClN4OS. The second-order valence-electron chi connectivity index (χ2n) is 6.18. The molecule has 2 aromatic heterocycles. The molecule has 0 saturated carbocycles. The Balaban J connectivity index is 1.74. The summed E-state index contributed by atoms with van der Waals surface area (Å²) in [4.78, 5) is 19.7.